The Labute approximate surface area is 233 Å². The van der Waals surface area contributed by atoms with Crippen LogP contribution in [0.1, 0.15) is 24.2 Å². The fourth-order valence-corrected chi connectivity index (χ4v) is 5.53. The van der Waals surface area contributed by atoms with Crippen LogP contribution >= 0.6 is 11.6 Å². The van der Waals surface area contributed by atoms with Gasteiger partial charge in [-0.25, -0.2) is 27.6 Å². The Hall–Kier alpha value is -4.55. The van der Waals surface area contributed by atoms with Crippen LogP contribution in [0.25, 0.3) is 10.9 Å². The van der Waals surface area contributed by atoms with Crippen molar-refractivity contribution in [3.8, 4) is 0 Å². The van der Waals surface area contributed by atoms with Crippen LogP contribution in [0.4, 0.5) is 5.69 Å². The number of esters is 1. The maximum atomic E-state index is 14.0. The third-order valence-electron chi connectivity index (χ3n) is 5.85. The summed E-state index contributed by atoms with van der Waals surface area (Å²) in [4.78, 5) is 52.3. The fraction of sp³-hybridized carbons (Fsp3) is 0.148. The van der Waals surface area contributed by atoms with Gasteiger partial charge in [0.2, 0.25) is 5.91 Å². The van der Waals surface area contributed by atoms with Crippen molar-refractivity contribution in [3.05, 3.63) is 111 Å². The first-order chi connectivity index (χ1) is 19.0. The van der Waals surface area contributed by atoms with Crippen LogP contribution in [-0.2, 0) is 26.1 Å². The lowest BCUT2D eigenvalue weighted by molar-refractivity contribution is -0.693. The number of carbonyl (C=O) groups excluding carboxylic acids is 2. The summed E-state index contributed by atoms with van der Waals surface area (Å²) in [6.07, 6.45) is 4.68. The molecule has 11 nitrogen and oxygen atoms in total. The number of rotatable bonds is 8. The molecule has 2 aromatic carbocycles. The minimum Gasteiger partial charge on any atom is -0.458 e. The molecule has 0 N–H and O–H groups in total. The van der Waals surface area contributed by atoms with Crippen molar-refractivity contribution in [2.45, 2.75) is 25.3 Å². The van der Waals surface area contributed by atoms with E-state index in [1.54, 1.807) is 29.1 Å². The van der Waals surface area contributed by atoms with E-state index in [-0.39, 0.29) is 37.8 Å². The van der Waals surface area contributed by atoms with Gasteiger partial charge in [-0.05, 0) is 49.4 Å². The Morgan fingerprint density at radius 1 is 1.12 bits per heavy atom. The zero-order valence-electron chi connectivity index (χ0n) is 21.5. The highest BCUT2D eigenvalue weighted by molar-refractivity contribution is 7.90. The smallest absolute Gasteiger partial charge is 0.365 e. The molecule has 4 aromatic rings. The molecule has 2 heterocycles. The number of halogens is 1. The minimum atomic E-state index is -4.89. The van der Waals surface area contributed by atoms with Gasteiger partial charge in [0.05, 0.1) is 21.4 Å². The van der Waals surface area contributed by atoms with Gasteiger partial charge in [0.25, 0.3) is 15.6 Å². The summed E-state index contributed by atoms with van der Waals surface area (Å²) in [5, 5.41) is 0.910. The van der Waals surface area contributed by atoms with E-state index in [2.05, 4.69) is 6.58 Å². The summed E-state index contributed by atoms with van der Waals surface area (Å²) in [7, 11) is -4.89. The second-order valence-electron chi connectivity index (χ2n) is 8.47. The number of nitrogens with zero attached hydrogens (tertiary/aromatic N) is 4. The number of ether oxygens (including phenoxy) is 1. The minimum absolute atomic E-state index is 0.0597. The van der Waals surface area contributed by atoms with Crippen molar-refractivity contribution in [3.63, 3.8) is 0 Å². The lowest BCUT2D eigenvalue weighted by Gasteiger charge is -2.24. The number of amides is 1. The van der Waals surface area contributed by atoms with Crippen molar-refractivity contribution in [1.29, 1.82) is 0 Å². The van der Waals surface area contributed by atoms with Crippen molar-refractivity contribution >= 4 is 50.1 Å². The summed E-state index contributed by atoms with van der Waals surface area (Å²) < 4.78 is 35.2. The molecule has 0 atom stereocenters. The highest BCUT2D eigenvalue weighted by atomic mass is 35.5. The molecular weight excluding hydrogens is 560 g/mol. The molecule has 0 spiro atoms. The van der Waals surface area contributed by atoms with Crippen molar-refractivity contribution < 1.29 is 27.3 Å². The second kappa shape index (κ2) is 11.3. The summed E-state index contributed by atoms with van der Waals surface area (Å²) in [6.45, 7) is 6.95. The predicted molar refractivity (Wildman–Crippen MR) is 148 cm³/mol. The number of aryl methyl sites for hydroxylation is 1. The Balaban J connectivity index is 2.06. The fourth-order valence-electron chi connectivity index (χ4n) is 4.03. The first kappa shape index (κ1) is 28.5. The van der Waals surface area contributed by atoms with E-state index < -0.39 is 38.0 Å². The maximum absolute atomic E-state index is 14.0. The van der Waals surface area contributed by atoms with E-state index in [0.29, 0.717) is 6.54 Å². The van der Waals surface area contributed by atoms with Gasteiger partial charge < -0.3 is 4.74 Å². The Morgan fingerprint density at radius 3 is 2.55 bits per heavy atom. The van der Waals surface area contributed by atoms with Gasteiger partial charge in [-0.2, -0.15) is 4.68 Å². The van der Waals surface area contributed by atoms with Gasteiger partial charge in [-0.15, -0.1) is 3.97 Å². The quantitative estimate of drug-likeness (QED) is 0.177. The van der Waals surface area contributed by atoms with Crippen LogP contribution in [0.15, 0.2) is 94.1 Å². The van der Waals surface area contributed by atoms with Crippen molar-refractivity contribution in [2.24, 2.45) is 0 Å². The molecule has 0 aliphatic heterocycles. The number of hydrogen-bond donors (Lipinski definition) is 0. The van der Waals surface area contributed by atoms with E-state index in [4.69, 9.17) is 16.3 Å². The standard InChI is InChI=1S/C27H24ClN4O7S/c1-4-14-39-26(35)19-8-6-10-22(15-19)40(37,38)32-25(34)23-12-11-20(28)16-24(23)31(27(32)36)30(18(3)33)21-9-7-13-29(5-2)17-21/h4,6-13,15-17H,1,5,14H2,2-3H3/q+1. The zero-order chi connectivity index (χ0) is 29.2. The summed E-state index contributed by atoms with van der Waals surface area (Å²) in [5.74, 6) is -1.47. The SMILES string of the molecule is C=CCOC(=O)c1cccc(S(=O)(=O)n2c(=O)c3ccc(Cl)cc3n(N(C(C)=O)c3ccc[n+](CC)c3)c2=O)c1. The van der Waals surface area contributed by atoms with Crippen molar-refractivity contribution in [2.75, 3.05) is 11.6 Å². The molecule has 13 heteroatoms. The van der Waals surface area contributed by atoms with Gasteiger partial charge in [0.15, 0.2) is 12.4 Å². The number of aromatic nitrogens is 3. The van der Waals surface area contributed by atoms with E-state index >= 15 is 0 Å². The molecule has 2 aromatic heterocycles. The van der Waals surface area contributed by atoms with Crippen LogP contribution in [-0.4, -0.2) is 35.5 Å². The lowest BCUT2D eigenvalue weighted by Crippen LogP contribution is -2.51. The largest absolute Gasteiger partial charge is 0.458 e. The molecule has 4 rings (SSSR count). The van der Waals surface area contributed by atoms with E-state index in [1.807, 2.05) is 6.92 Å². The topological polar surface area (TPSA) is 129 Å². The van der Waals surface area contributed by atoms with Crippen LogP contribution in [0.2, 0.25) is 5.02 Å². The average molecular weight is 584 g/mol. The Bertz CT molecular complexity index is 1900. The third kappa shape index (κ3) is 5.18. The van der Waals surface area contributed by atoms with Gasteiger partial charge in [0.1, 0.15) is 18.8 Å². The summed E-state index contributed by atoms with van der Waals surface area (Å²) in [6, 6.07) is 11.8. The molecule has 0 radical (unpaired) electrons. The molecule has 1 amide bonds. The molecule has 0 fully saturated rings. The summed E-state index contributed by atoms with van der Waals surface area (Å²) in [5.41, 5.74) is -2.48. The number of hydrogen-bond acceptors (Lipinski definition) is 7. The maximum Gasteiger partial charge on any atom is 0.365 e. The average Bonchev–Trinajstić information content (AvgIpc) is 2.93. The lowest BCUT2D eigenvalue weighted by atomic mass is 10.2. The molecule has 40 heavy (non-hydrogen) atoms. The molecular formula is C27H24ClN4O7S+. The number of anilines is 1. The molecule has 0 bridgehead atoms. The number of benzene rings is 2. The summed E-state index contributed by atoms with van der Waals surface area (Å²) >= 11 is 6.18. The second-order valence-corrected chi connectivity index (χ2v) is 10.7. The first-order valence-corrected chi connectivity index (χ1v) is 13.7. The van der Waals surface area contributed by atoms with Gasteiger partial charge in [-0.1, -0.05) is 30.3 Å². The van der Waals surface area contributed by atoms with Crippen LogP contribution in [0, 0.1) is 0 Å². The third-order valence-corrected chi connectivity index (χ3v) is 7.74. The monoisotopic (exact) mass is 583 g/mol. The van der Waals surface area contributed by atoms with Gasteiger partial charge in [0, 0.05) is 18.0 Å². The van der Waals surface area contributed by atoms with E-state index in [1.165, 1.54) is 43.3 Å². The first-order valence-electron chi connectivity index (χ1n) is 11.9. The predicted octanol–water partition coefficient (Wildman–Crippen LogP) is 2.52. The molecule has 0 saturated heterocycles. The van der Waals surface area contributed by atoms with Crippen LogP contribution in [0.5, 0.6) is 0 Å². The van der Waals surface area contributed by atoms with Crippen LogP contribution in [0.3, 0.4) is 0 Å². The van der Waals surface area contributed by atoms with E-state index in [9.17, 15) is 27.6 Å². The molecule has 0 aliphatic carbocycles. The number of carbonyl (C=O) groups is 2. The highest BCUT2D eigenvalue weighted by Gasteiger charge is 2.30. The Morgan fingerprint density at radius 2 is 1.88 bits per heavy atom. The molecule has 0 saturated carbocycles. The van der Waals surface area contributed by atoms with Gasteiger partial charge in [-0.3, -0.25) is 9.59 Å². The van der Waals surface area contributed by atoms with Gasteiger partial charge >= 0.3 is 11.7 Å². The van der Waals surface area contributed by atoms with Crippen molar-refractivity contribution in [1.82, 2.24) is 8.65 Å². The molecule has 0 unspecified atom stereocenters. The zero-order valence-corrected chi connectivity index (χ0v) is 23.1. The number of fused-ring (bicyclic) bond motifs is 1. The normalized spacial score (nSPS) is 11.3. The van der Waals surface area contributed by atoms with Crippen LogP contribution < -0.4 is 20.8 Å². The molecule has 0 aliphatic rings. The number of pyridine rings is 1. The molecule has 206 valence electrons. The Kier molecular flexibility index (Phi) is 8.03. The highest BCUT2D eigenvalue weighted by Crippen LogP contribution is 2.21. The van der Waals surface area contributed by atoms with E-state index in [0.717, 1.165) is 21.8 Å².